The van der Waals surface area contributed by atoms with E-state index in [1.165, 1.54) is 0 Å². The Hall–Kier alpha value is 0.390. The third kappa shape index (κ3) is 4.42. The summed E-state index contributed by atoms with van der Waals surface area (Å²) in [6.45, 7) is -2.20. The Balaban J connectivity index is 4.75. The van der Waals surface area contributed by atoms with Gasteiger partial charge in [-0.15, -0.1) is 0 Å². The van der Waals surface area contributed by atoms with E-state index in [-0.39, 0.29) is 0 Å². The normalized spacial score (nSPS) is 16.8. The third-order valence-corrected chi connectivity index (χ3v) is 5.02. The van der Waals surface area contributed by atoms with Gasteiger partial charge in [-0.05, 0) is 25.1 Å². The summed E-state index contributed by atoms with van der Waals surface area (Å²) in [6, 6.07) is 0. The molecule has 0 amide bonds. The first-order valence-corrected chi connectivity index (χ1v) is 7.55. The summed E-state index contributed by atoms with van der Waals surface area (Å²) in [6.07, 6.45) is 1.96. The van der Waals surface area contributed by atoms with Crippen molar-refractivity contribution in [1.29, 1.82) is 0 Å². The lowest BCUT2D eigenvalue weighted by atomic mass is 10.9. The van der Waals surface area contributed by atoms with Gasteiger partial charge in [0.1, 0.15) is 0 Å². The zero-order chi connectivity index (χ0) is 10.5. The smallest absolute Gasteiger partial charge is 0.246 e. The van der Waals surface area contributed by atoms with Gasteiger partial charge in [0.25, 0.3) is 0 Å². The van der Waals surface area contributed by atoms with Crippen LogP contribution in [0.3, 0.4) is 0 Å². The molecule has 0 aliphatic heterocycles. The molecule has 0 aromatic heterocycles. The van der Waals surface area contributed by atoms with Crippen LogP contribution in [0, 0.1) is 0 Å². The van der Waals surface area contributed by atoms with E-state index in [4.69, 9.17) is 16.3 Å². The second-order valence-electron chi connectivity index (χ2n) is 2.41. The first-order valence-electron chi connectivity index (χ1n) is 3.65. The van der Waals surface area contributed by atoms with Crippen LogP contribution in [-0.4, -0.2) is 44.6 Å². The van der Waals surface area contributed by atoms with E-state index < -0.39 is 6.57 Å². The minimum atomic E-state index is -2.20. The van der Waals surface area contributed by atoms with Gasteiger partial charge in [-0.3, -0.25) is 5.09 Å². The fourth-order valence-corrected chi connectivity index (χ4v) is 2.80. The molecule has 13 heavy (non-hydrogen) atoms. The van der Waals surface area contributed by atoms with E-state index in [1.807, 2.05) is 25.3 Å². The Bertz CT molecular complexity index is 224. The van der Waals surface area contributed by atoms with Gasteiger partial charge in [0.05, 0.1) is 0 Å². The van der Waals surface area contributed by atoms with Crippen LogP contribution in [0.25, 0.3) is 0 Å². The highest BCUT2D eigenvalue weighted by Crippen LogP contribution is 2.43. The predicted octanol–water partition coefficient (Wildman–Crippen LogP) is 1.36. The number of nitrogens with one attached hydrogen (secondary N) is 1. The van der Waals surface area contributed by atoms with E-state index >= 15 is 0 Å². The summed E-state index contributed by atoms with van der Waals surface area (Å²) >= 11 is 6.77. The second kappa shape index (κ2) is 5.98. The van der Waals surface area contributed by atoms with Crippen molar-refractivity contribution in [2.75, 3.05) is 34.5 Å². The number of rotatable bonds is 3. The van der Waals surface area contributed by atoms with Gasteiger partial charge < -0.3 is 9.42 Å². The maximum absolute atomic E-state index is 5.22. The molecule has 0 rings (SSSR count). The number of amidine groups is 1. The van der Waals surface area contributed by atoms with Crippen LogP contribution >= 0.6 is 18.3 Å². The van der Waals surface area contributed by atoms with Gasteiger partial charge in [0, 0.05) is 21.2 Å². The zero-order valence-corrected chi connectivity index (χ0v) is 11.1. The molecule has 1 N–H and O–H groups in total. The highest BCUT2D eigenvalue weighted by molar-refractivity contribution is 8.15. The molecule has 0 aromatic carbocycles. The first-order chi connectivity index (χ1) is 5.99. The zero-order valence-electron chi connectivity index (χ0n) is 8.57. The maximum Gasteiger partial charge on any atom is 0.246 e. The fraction of sp³-hybridized carbons (Fsp3) is 0.833. The molecule has 0 fully saturated rings. The Kier molecular flexibility index (Phi) is 6.16. The van der Waals surface area contributed by atoms with Crippen LogP contribution < -0.4 is 5.09 Å². The Morgan fingerprint density at radius 1 is 1.62 bits per heavy atom. The molecule has 0 aliphatic rings. The average Bonchev–Trinajstić information content (AvgIpc) is 2.13. The van der Waals surface area contributed by atoms with Crippen molar-refractivity contribution in [3.05, 3.63) is 0 Å². The molecule has 7 heteroatoms. The van der Waals surface area contributed by atoms with Gasteiger partial charge >= 0.3 is 0 Å². The lowest BCUT2D eigenvalue weighted by Gasteiger charge is -2.18. The van der Waals surface area contributed by atoms with Crippen LogP contribution in [0.4, 0.5) is 0 Å². The van der Waals surface area contributed by atoms with Gasteiger partial charge in [-0.1, -0.05) is 11.8 Å². The van der Waals surface area contributed by atoms with Gasteiger partial charge in [-0.2, -0.15) is 4.76 Å². The lowest BCUT2D eigenvalue weighted by molar-refractivity contribution is 0.453. The Morgan fingerprint density at radius 3 is 2.38 bits per heavy atom. The Labute approximate surface area is 89.3 Å². The molecular weight excluding hydrogens is 225 g/mol. The lowest BCUT2D eigenvalue weighted by Crippen LogP contribution is -2.19. The van der Waals surface area contributed by atoms with Gasteiger partial charge in [0.15, 0.2) is 5.17 Å². The topological polar surface area (TPSA) is 36.9 Å². The summed E-state index contributed by atoms with van der Waals surface area (Å²) in [4.78, 5) is 1.92. The summed E-state index contributed by atoms with van der Waals surface area (Å²) in [7, 11) is 7.20. The predicted molar refractivity (Wildman–Crippen MR) is 65.0 cm³/mol. The monoisotopic (exact) mass is 241 g/mol. The van der Waals surface area contributed by atoms with Crippen molar-refractivity contribution in [2.45, 2.75) is 0 Å². The van der Waals surface area contributed by atoms with Crippen LogP contribution in [0.1, 0.15) is 0 Å². The van der Waals surface area contributed by atoms with Crippen molar-refractivity contribution >= 4 is 35.3 Å². The molecule has 0 spiro atoms. The number of hydrogen-bond acceptors (Lipinski definition) is 3. The molecule has 0 aliphatic carbocycles. The van der Waals surface area contributed by atoms with E-state index in [2.05, 4.69) is 9.85 Å². The SMILES string of the molecule is CNP(=S)(N=C(SC)N(C)C)OC. The standard InChI is InChI=1S/C6H16N3OPS2/c1-7-11(12,10-4)8-6(13-5)9(2)3/h1-5H3,(H,7,12). The molecule has 1 unspecified atom stereocenters. The summed E-state index contributed by atoms with van der Waals surface area (Å²) in [5.74, 6) is 0. The maximum atomic E-state index is 5.22. The number of nitrogens with zero attached hydrogens (tertiary/aromatic N) is 2. The van der Waals surface area contributed by atoms with E-state index in [0.717, 1.165) is 5.17 Å². The van der Waals surface area contributed by atoms with Crippen LogP contribution in [0.15, 0.2) is 4.76 Å². The van der Waals surface area contributed by atoms with Crippen LogP contribution in [0.5, 0.6) is 0 Å². The van der Waals surface area contributed by atoms with E-state index in [1.54, 1.807) is 25.9 Å². The number of hydrogen-bond donors (Lipinski definition) is 1. The van der Waals surface area contributed by atoms with E-state index in [0.29, 0.717) is 0 Å². The minimum Gasteiger partial charge on any atom is -0.357 e. The molecule has 0 bridgehead atoms. The molecular formula is C6H16N3OPS2. The second-order valence-corrected chi connectivity index (χ2v) is 6.72. The molecule has 0 saturated heterocycles. The van der Waals surface area contributed by atoms with Crippen molar-refractivity contribution in [3.8, 4) is 0 Å². The third-order valence-electron chi connectivity index (χ3n) is 1.31. The fourth-order valence-electron chi connectivity index (χ4n) is 0.608. The highest BCUT2D eigenvalue weighted by Gasteiger charge is 2.13. The minimum absolute atomic E-state index is 0.875. The Morgan fingerprint density at radius 2 is 2.15 bits per heavy atom. The number of thioether (sulfide) groups is 1. The van der Waals surface area contributed by atoms with Crippen molar-refractivity contribution in [2.24, 2.45) is 4.76 Å². The largest absolute Gasteiger partial charge is 0.357 e. The summed E-state index contributed by atoms with van der Waals surface area (Å²) < 4.78 is 9.52. The molecule has 78 valence electrons. The van der Waals surface area contributed by atoms with Crippen LogP contribution in [-0.2, 0) is 16.3 Å². The molecule has 0 aromatic rings. The molecule has 0 heterocycles. The molecule has 1 atom stereocenters. The van der Waals surface area contributed by atoms with Crippen LogP contribution in [0.2, 0.25) is 0 Å². The van der Waals surface area contributed by atoms with Crippen molar-refractivity contribution in [1.82, 2.24) is 9.99 Å². The van der Waals surface area contributed by atoms with Crippen molar-refractivity contribution in [3.63, 3.8) is 0 Å². The summed E-state index contributed by atoms with van der Waals surface area (Å²) in [5, 5.41) is 3.80. The average molecular weight is 241 g/mol. The molecule has 0 saturated carbocycles. The van der Waals surface area contributed by atoms with E-state index in [9.17, 15) is 0 Å². The van der Waals surface area contributed by atoms with Gasteiger partial charge in [0.2, 0.25) is 6.57 Å². The molecule has 0 radical (unpaired) electrons. The summed E-state index contributed by atoms with van der Waals surface area (Å²) in [5.41, 5.74) is 0. The first kappa shape index (κ1) is 13.4. The quantitative estimate of drug-likeness (QED) is 0.459. The van der Waals surface area contributed by atoms with Gasteiger partial charge in [-0.25, -0.2) is 0 Å². The highest BCUT2D eigenvalue weighted by atomic mass is 32.4. The molecule has 4 nitrogen and oxygen atoms in total. The van der Waals surface area contributed by atoms with Crippen molar-refractivity contribution < 1.29 is 4.52 Å².